The molecule has 1 aliphatic carbocycles. The van der Waals surface area contributed by atoms with Crippen molar-refractivity contribution in [1.29, 1.82) is 0 Å². The van der Waals surface area contributed by atoms with Crippen LogP contribution in [0.25, 0.3) is 20.8 Å². The van der Waals surface area contributed by atoms with Crippen molar-refractivity contribution in [3.05, 3.63) is 71.8 Å². The number of benzene rings is 1. The molecule has 38 heavy (non-hydrogen) atoms. The Balaban J connectivity index is 1.24. The first-order valence-corrected chi connectivity index (χ1v) is 14.1. The molecule has 0 atom stereocenters. The van der Waals surface area contributed by atoms with Gasteiger partial charge in [-0.25, -0.2) is 4.39 Å². The van der Waals surface area contributed by atoms with Crippen LogP contribution in [0.4, 0.5) is 4.39 Å². The average Bonchev–Trinajstić information content (AvgIpc) is 3.61. The number of rotatable bonds is 14. The van der Waals surface area contributed by atoms with Crippen molar-refractivity contribution < 1.29 is 13.9 Å². The van der Waals surface area contributed by atoms with E-state index in [1.807, 2.05) is 18.3 Å². The van der Waals surface area contributed by atoms with Crippen molar-refractivity contribution in [3.8, 4) is 22.1 Å². The van der Waals surface area contributed by atoms with E-state index in [9.17, 15) is 9.18 Å². The van der Waals surface area contributed by atoms with Crippen LogP contribution in [0.1, 0.15) is 49.7 Å². The van der Waals surface area contributed by atoms with Gasteiger partial charge in [0.15, 0.2) is 11.6 Å². The lowest BCUT2D eigenvalue weighted by Crippen LogP contribution is -2.15. The van der Waals surface area contributed by atoms with E-state index < -0.39 is 5.82 Å². The number of aromatic nitrogens is 2. The first-order valence-electron chi connectivity index (χ1n) is 13.3. The number of nitrogens with zero attached hydrogens (tertiary/aromatic N) is 2. The largest absolute Gasteiger partial charge is 0.453 e. The fraction of sp³-hybridized carbons (Fsp3) is 0.367. The fourth-order valence-corrected chi connectivity index (χ4v) is 5.44. The first-order chi connectivity index (χ1) is 18.6. The maximum atomic E-state index is 14.9. The predicted molar refractivity (Wildman–Crippen MR) is 150 cm³/mol. The van der Waals surface area contributed by atoms with Gasteiger partial charge in [0, 0.05) is 37.8 Å². The van der Waals surface area contributed by atoms with Gasteiger partial charge in [-0.1, -0.05) is 18.6 Å². The highest BCUT2D eigenvalue weighted by Gasteiger charge is 2.24. The third-order valence-electron chi connectivity index (χ3n) is 6.67. The summed E-state index contributed by atoms with van der Waals surface area (Å²) in [6.45, 7) is 2.50. The fourth-order valence-electron chi connectivity index (χ4n) is 4.40. The van der Waals surface area contributed by atoms with Crippen LogP contribution >= 0.6 is 11.3 Å². The smallest absolute Gasteiger partial charge is 0.166 e. The van der Waals surface area contributed by atoms with Crippen molar-refractivity contribution in [2.45, 2.75) is 51.5 Å². The van der Waals surface area contributed by atoms with Crippen LogP contribution in [0.3, 0.4) is 0 Å². The molecule has 0 saturated heterocycles. The number of halogens is 1. The summed E-state index contributed by atoms with van der Waals surface area (Å²) in [7, 11) is 0. The van der Waals surface area contributed by atoms with Crippen molar-refractivity contribution in [2.24, 2.45) is 11.7 Å². The first kappa shape index (κ1) is 26.4. The van der Waals surface area contributed by atoms with Gasteiger partial charge in [0.05, 0.1) is 20.8 Å². The molecule has 0 spiro atoms. The monoisotopic (exact) mass is 532 g/mol. The molecule has 8 heteroatoms. The van der Waals surface area contributed by atoms with Crippen LogP contribution in [0.5, 0.6) is 11.5 Å². The van der Waals surface area contributed by atoms with Gasteiger partial charge in [-0.15, -0.1) is 11.3 Å². The maximum absolute atomic E-state index is 14.9. The Hall–Kier alpha value is -3.20. The molecule has 6 nitrogen and oxygen atoms in total. The van der Waals surface area contributed by atoms with Crippen molar-refractivity contribution >= 4 is 27.3 Å². The number of nitrogens with two attached hydrogens (primary N) is 1. The van der Waals surface area contributed by atoms with Crippen LogP contribution in [0.2, 0.25) is 0 Å². The minimum Gasteiger partial charge on any atom is -0.453 e. The van der Waals surface area contributed by atoms with Gasteiger partial charge >= 0.3 is 0 Å². The lowest BCUT2D eigenvalue weighted by Gasteiger charge is -2.09. The van der Waals surface area contributed by atoms with E-state index in [-0.39, 0.29) is 18.0 Å². The van der Waals surface area contributed by atoms with Gasteiger partial charge in [0.25, 0.3) is 0 Å². The molecule has 3 N–H and O–H groups in total. The number of carbonyl (C=O) groups is 1. The number of Topliss-reactive ketones (excluding diaryl/α,β-unsaturated/α-hetero) is 1. The number of hydrogen-bond donors (Lipinski definition) is 2. The van der Waals surface area contributed by atoms with Gasteiger partial charge in [0.1, 0.15) is 11.5 Å². The van der Waals surface area contributed by atoms with Crippen molar-refractivity contribution in [3.63, 3.8) is 0 Å². The molecule has 1 aliphatic rings. The number of pyridine rings is 2. The number of hydrogen-bond acceptors (Lipinski definition) is 7. The number of carbonyl (C=O) groups excluding carboxylic acids is 1. The Morgan fingerprint density at radius 2 is 1.92 bits per heavy atom. The Bertz CT molecular complexity index is 1390. The summed E-state index contributed by atoms with van der Waals surface area (Å²) in [5, 5.41) is 3.45. The SMILES string of the molecule is NCCCCCNCc1ccc(-c2cc3nccc(Oc4ccc(CC(=O)CC5CC5)cc4F)c3s2)nc1. The molecule has 0 amide bonds. The summed E-state index contributed by atoms with van der Waals surface area (Å²) in [6, 6.07) is 12.6. The lowest BCUT2D eigenvalue weighted by molar-refractivity contribution is -0.118. The lowest BCUT2D eigenvalue weighted by atomic mass is 10.0. The minimum absolute atomic E-state index is 0.129. The van der Waals surface area contributed by atoms with Gasteiger partial charge in [-0.2, -0.15) is 0 Å². The third-order valence-corrected chi connectivity index (χ3v) is 7.83. The van der Waals surface area contributed by atoms with Crippen LogP contribution in [0.15, 0.2) is 54.9 Å². The topological polar surface area (TPSA) is 90.1 Å². The molecule has 0 bridgehead atoms. The van der Waals surface area contributed by atoms with E-state index in [0.29, 0.717) is 23.7 Å². The highest BCUT2D eigenvalue weighted by atomic mass is 32.1. The van der Waals surface area contributed by atoms with Crippen LogP contribution in [-0.2, 0) is 17.8 Å². The molecule has 3 aromatic heterocycles. The van der Waals surface area contributed by atoms with Crippen LogP contribution in [0, 0.1) is 11.7 Å². The summed E-state index contributed by atoms with van der Waals surface area (Å²) >= 11 is 1.52. The van der Waals surface area contributed by atoms with E-state index in [2.05, 4.69) is 21.4 Å². The number of thiophene rings is 1. The molecule has 3 heterocycles. The average molecular weight is 533 g/mol. The molecular formula is C30H33FN4O2S. The summed E-state index contributed by atoms with van der Waals surface area (Å²) in [4.78, 5) is 22.2. The summed E-state index contributed by atoms with van der Waals surface area (Å²) in [5.74, 6) is 0.890. The van der Waals surface area contributed by atoms with Crippen LogP contribution in [-0.4, -0.2) is 28.8 Å². The molecule has 198 valence electrons. The molecule has 1 fully saturated rings. The molecule has 1 aromatic carbocycles. The van der Waals surface area contributed by atoms with Crippen LogP contribution < -0.4 is 15.8 Å². The quantitative estimate of drug-likeness (QED) is 0.182. The predicted octanol–water partition coefficient (Wildman–Crippen LogP) is 6.42. The summed E-state index contributed by atoms with van der Waals surface area (Å²) < 4.78 is 21.7. The molecule has 1 saturated carbocycles. The zero-order valence-electron chi connectivity index (χ0n) is 21.4. The molecule has 4 aromatic rings. The standard InChI is InChI=1S/C30H33FN4O2S/c31-24-16-21(15-23(36)14-20-4-5-20)7-9-27(24)37-28-10-13-34-26-17-29(38-30(26)28)25-8-6-22(19-35-25)18-33-12-3-1-2-11-32/h6-10,13,16-17,19-20,33H,1-5,11-12,14-15,18,32H2. The molecule has 0 unspecified atom stereocenters. The Morgan fingerprint density at radius 3 is 2.68 bits per heavy atom. The zero-order chi connectivity index (χ0) is 26.3. The number of nitrogens with one attached hydrogen (secondary N) is 1. The Labute approximate surface area is 226 Å². The van der Waals surface area contributed by atoms with Gasteiger partial charge in [-0.05, 0) is 80.1 Å². The molecular weight excluding hydrogens is 499 g/mol. The normalized spacial score (nSPS) is 13.2. The second-order valence-corrected chi connectivity index (χ2v) is 11.0. The number of ketones is 1. The number of unbranched alkanes of at least 4 members (excludes halogenated alkanes) is 2. The van der Waals surface area contributed by atoms with E-state index in [4.69, 9.17) is 10.5 Å². The summed E-state index contributed by atoms with van der Waals surface area (Å²) in [6.07, 6.45) is 10.0. The van der Waals surface area contributed by atoms with Gasteiger partial charge in [-0.3, -0.25) is 14.8 Å². The highest BCUT2D eigenvalue weighted by Crippen LogP contribution is 2.39. The second kappa shape index (κ2) is 12.6. The minimum atomic E-state index is -0.478. The maximum Gasteiger partial charge on any atom is 0.166 e. The second-order valence-electron chi connectivity index (χ2n) is 9.94. The number of ether oxygens (including phenoxy) is 1. The molecule has 0 aliphatic heterocycles. The van der Waals surface area contributed by atoms with Crippen molar-refractivity contribution in [1.82, 2.24) is 15.3 Å². The van der Waals surface area contributed by atoms with E-state index in [1.165, 1.54) is 17.4 Å². The van der Waals surface area contributed by atoms with Gasteiger partial charge < -0.3 is 15.8 Å². The summed E-state index contributed by atoms with van der Waals surface area (Å²) in [5.41, 5.74) is 8.97. The van der Waals surface area contributed by atoms with E-state index >= 15 is 0 Å². The zero-order valence-corrected chi connectivity index (χ0v) is 22.2. The van der Waals surface area contributed by atoms with Gasteiger partial charge in [0.2, 0.25) is 0 Å². The Kier molecular flexibility index (Phi) is 8.73. The Morgan fingerprint density at radius 1 is 1.05 bits per heavy atom. The molecule has 0 radical (unpaired) electrons. The van der Waals surface area contributed by atoms with Crippen molar-refractivity contribution in [2.75, 3.05) is 13.1 Å². The number of fused-ring (bicyclic) bond motifs is 1. The molecule has 5 rings (SSSR count). The highest BCUT2D eigenvalue weighted by molar-refractivity contribution is 7.22. The van der Waals surface area contributed by atoms with E-state index in [1.54, 1.807) is 24.4 Å². The van der Waals surface area contributed by atoms with E-state index in [0.717, 1.165) is 78.1 Å². The third kappa shape index (κ3) is 7.01.